The Kier molecular flexibility index (Phi) is 8.10. The number of hydrogen-bond donors (Lipinski definition) is 1. The molecule has 0 bridgehead atoms. The predicted octanol–water partition coefficient (Wildman–Crippen LogP) is 4.22. The van der Waals surface area contributed by atoms with E-state index in [4.69, 9.17) is 30.5 Å². The van der Waals surface area contributed by atoms with Crippen LogP contribution in [0.2, 0.25) is 5.02 Å². The van der Waals surface area contributed by atoms with Gasteiger partial charge in [-0.2, -0.15) is 5.10 Å². The summed E-state index contributed by atoms with van der Waals surface area (Å²) < 4.78 is 20.9. The molecule has 0 saturated carbocycles. The van der Waals surface area contributed by atoms with E-state index in [1.807, 2.05) is 24.3 Å². The third-order valence-corrected chi connectivity index (χ3v) is 4.86. The molecule has 0 radical (unpaired) electrons. The lowest BCUT2D eigenvalue weighted by Gasteiger charge is -2.12. The number of amides is 1. The quantitative estimate of drug-likeness (QED) is 0.286. The van der Waals surface area contributed by atoms with Crippen molar-refractivity contribution >= 4 is 40.5 Å². The third-order valence-electron chi connectivity index (χ3n) is 4.58. The molecule has 0 atom stereocenters. The zero-order valence-corrected chi connectivity index (χ0v) is 19.1. The van der Waals surface area contributed by atoms with E-state index < -0.39 is 11.9 Å². The Labute approximate surface area is 196 Å². The molecule has 1 amide bonds. The molecule has 0 unspecified atom stereocenters. The predicted molar refractivity (Wildman–Crippen MR) is 126 cm³/mol. The van der Waals surface area contributed by atoms with E-state index in [0.29, 0.717) is 22.6 Å². The fourth-order valence-electron chi connectivity index (χ4n) is 3.08. The van der Waals surface area contributed by atoms with Gasteiger partial charge < -0.3 is 18.9 Å². The highest BCUT2D eigenvalue weighted by atomic mass is 35.5. The van der Waals surface area contributed by atoms with Crippen molar-refractivity contribution in [3.05, 3.63) is 64.7 Å². The normalized spacial score (nSPS) is 10.8. The zero-order chi connectivity index (χ0) is 23.8. The molecule has 33 heavy (non-hydrogen) atoms. The average molecular weight is 471 g/mol. The average Bonchev–Trinajstić information content (AvgIpc) is 2.82. The van der Waals surface area contributed by atoms with Gasteiger partial charge in [-0.05, 0) is 47.5 Å². The van der Waals surface area contributed by atoms with Gasteiger partial charge in [-0.25, -0.2) is 10.2 Å². The number of nitrogens with zero attached hydrogens (tertiary/aromatic N) is 1. The molecule has 1 N–H and O–H groups in total. The van der Waals surface area contributed by atoms with Gasteiger partial charge >= 0.3 is 5.97 Å². The number of fused-ring (bicyclic) bond motifs is 1. The summed E-state index contributed by atoms with van der Waals surface area (Å²) in [7, 11) is 2.95. The van der Waals surface area contributed by atoms with Gasteiger partial charge in [0.1, 0.15) is 5.75 Å². The standard InChI is InChI=1S/C24H23ClN2O6/c1-4-32-22(28)14-33-23-19(25)9-15(10-21(23)31-3)13-26-27-24(29)18-11-16-7-5-6-8-17(16)12-20(18)30-2/h5-13H,4,14H2,1-3H3,(H,27,29)/b26-13-. The SMILES string of the molecule is CCOC(=O)COc1c(Cl)cc(/C=N\NC(=O)c2cc3ccccc3cc2OC)cc1OC. The van der Waals surface area contributed by atoms with Gasteiger partial charge in [0.2, 0.25) is 0 Å². The molecule has 3 rings (SSSR count). The summed E-state index contributed by atoms with van der Waals surface area (Å²) in [5, 5.41) is 6.08. The lowest BCUT2D eigenvalue weighted by molar-refractivity contribution is -0.145. The first-order valence-electron chi connectivity index (χ1n) is 10.0. The van der Waals surface area contributed by atoms with Crippen molar-refractivity contribution < 1.29 is 28.5 Å². The Morgan fingerprint density at radius 2 is 1.73 bits per heavy atom. The largest absolute Gasteiger partial charge is 0.496 e. The Morgan fingerprint density at radius 1 is 1.03 bits per heavy atom. The van der Waals surface area contributed by atoms with Crippen LogP contribution in [0.4, 0.5) is 0 Å². The van der Waals surface area contributed by atoms with Gasteiger partial charge in [0, 0.05) is 0 Å². The highest BCUT2D eigenvalue weighted by Gasteiger charge is 2.15. The molecule has 3 aromatic carbocycles. The monoisotopic (exact) mass is 470 g/mol. The summed E-state index contributed by atoms with van der Waals surface area (Å²) >= 11 is 6.28. The molecule has 0 heterocycles. The fraction of sp³-hybridized carbons (Fsp3) is 0.208. The number of rotatable bonds is 9. The number of ether oxygens (including phenoxy) is 4. The number of carbonyl (C=O) groups excluding carboxylic acids is 2. The van der Waals surface area contributed by atoms with Gasteiger partial charge in [-0.15, -0.1) is 0 Å². The molecule has 0 fully saturated rings. The molecule has 9 heteroatoms. The number of esters is 1. The minimum absolute atomic E-state index is 0.203. The molecule has 0 aromatic heterocycles. The van der Waals surface area contributed by atoms with E-state index in [0.717, 1.165) is 10.8 Å². The van der Waals surface area contributed by atoms with E-state index in [1.54, 1.807) is 31.2 Å². The first kappa shape index (κ1) is 23.9. The van der Waals surface area contributed by atoms with Gasteiger partial charge in [-0.3, -0.25) is 4.79 Å². The highest BCUT2D eigenvalue weighted by molar-refractivity contribution is 6.32. The van der Waals surface area contributed by atoms with E-state index in [9.17, 15) is 9.59 Å². The minimum atomic E-state index is -0.520. The van der Waals surface area contributed by atoms with Crippen LogP contribution in [0.5, 0.6) is 17.2 Å². The number of nitrogens with one attached hydrogen (secondary N) is 1. The molecule has 0 aliphatic rings. The molecule has 0 saturated heterocycles. The maximum absolute atomic E-state index is 12.7. The highest BCUT2D eigenvalue weighted by Crippen LogP contribution is 2.36. The van der Waals surface area contributed by atoms with Crippen LogP contribution in [-0.4, -0.2) is 45.5 Å². The lowest BCUT2D eigenvalue weighted by Crippen LogP contribution is -2.18. The molecular weight excluding hydrogens is 448 g/mol. The van der Waals surface area contributed by atoms with Gasteiger partial charge in [-0.1, -0.05) is 35.9 Å². The summed E-state index contributed by atoms with van der Waals surface area (Å²) in [6, 6.07) is 14.4. The zero-order valence-electron chi connectivity index (χ0n) is 18.4. The van der Waals surface area contributed by atoms with Crippen LogP contribution < -0.4 is 19.6 Å². The van der Waals surface area contributed by atoms with Crippen molar-refractivity contribution in [2.75, 3.05) is 27.4 Å². The third kappa shape index (κ3) is 5.93. The Balaban J connectivity index is 1.74. The van der Waals surface area contributed by atoms with Crippen LogP contribution in [0, 0.1) is 0 Å². The van der Waals surface area contributed by atoms with Crippen molar-refractivity contribution in [1.82, 2.24) is 5.43 Å². The maximum atomic E-state index is 12.7. The van der Waals surface area contributed by atoms with Gasteiger partial charge in [0.15, 0.2) is 18.1 Å². The van der Waals surface area contributed by atoms with Crippen molar-refractivity contribution in [2.45, 2.75) is 6.92 Å². The van der Waals surface area contributed by atoms with Crippen molar-refractivity contribution in [3.63, 3.8) is 0 Å². The van der Waals surface area contributed by atoms with Crippen LogP contribution in [0.15, 0.2) is 53.6 Å². The Bertz CT molecular complexity index is 1200. The molecular formula is C24H23ClN2O6. The lowest BCUT2D eigenvalue weighted by atomic mass is 10.1. The molecule has 0 spiro atoms. The molecule has 172 valence electrons. The Hall–Kier alpha value is -3.78. The summed E-state index contributed by atoms with van der Waals surface area (Å²) in [6.45, 7) is 1.65. The molecule has 8 nitrogen and oxygen atoms in total. The first-order valence-corrected chi connectivity index (χ1v) is 10.4. The molecule has 3 aromatic rings. The van der Waals surface area contributed by atoms with E-state index in [1.165, 1.54) is 20.4 Å². The summed E-state index contributed by atoms with van der Waals surface area (Å²) in [6.07, 6.45) is 1.41. The fourth-order valence-corrected chi connectivity index (χ4v) is 3.35. The van der Waals surface area contributed by atoms with Crippen molar-refractivity contribution in [2.24, 2.45) is 5.10 Å². The second-order valence-electron chi connectivity index (χ2n) is 6.73. The smallest absolute Gasteiger partial charge is 0.344 e. The van der Waals surface area contributed by atoms with Crippen molar-refractivity contribution in [1.29, 1.82) is 0 Å². The number of benzene rings is 3. The second-order valence-corrected chi connectivity index (χ2v) is 7.13. The summed E-state index contributed by atoms with van der Waals surface area (Å²) in [5.41, 5.74) is 3.39. The van der Waals surface area contributed by atoms with Crippen LogP contribution in [0.25, 0.3) is 10.8 Å². The van der Waals surface area contributed by atoms with Crippen LogP contribution in [-0.2, 0) is 9.53 Å². The number of hydrogen-bond acceptors (Lipinski definition) is 7. The molecule has 0 aliphatic carbocycles. The van der Waals surface area contributed by atoms with Crippen LogP contribution in [0.3, 0.4) is 0 Å². The van der Waals surface area contributed by atoms with E-state index in [-0.39, 0.29) is 24.0 Å². The van der Waals surface area contributed by atoms with E-state index in [2.05, 4.69) is 10.5 Å². The van der Waals surface area contributed by atoms with E-state index >= 15 is 0 Å². The van der Waals surface area contributed by atoms with Crippen LogP contribution >= 0.6 is 11.6 Å². The first-order chi connectivity index (χ1) is 16.0. The topological polar surface area (TPSA) is 95.5 Å². The second kappa shape index (κ2) is 11.2. The minimum Gasteiger partial charge on any atom is -0.496 e. The molecule has 0 aliphatic heterocycles. The number of carbonyl (C=O) groups is 2. The van der Waals surface area contributed by atoms with Crippen LogP contribution in [0.1, 0.15) is 22.8 Å². The summed E-state index contributed by atoms with van der Waals surface area (Å²) in [4.78, 5) is 24.2. The maximum Gasteiger partial charge on any atom is 0.344 e. The Morgan fingerprint density at radius 3 is 2.39 bits per heavy atom. The van der Waals surface area contributed by atoms with Gasteiger partial charge in [0.25, 0.3) is 5.91 Å². The van der Waals surface area contributed by atoms with Gasteiger partial charge in [0.05, 0.1) is 37.6 Å². The summed E-state index contributed by atoms with van der Waals surface area (Å²) in [5.74, 6) is -0.00584. The van der Waals surface area contributed by atoms with Crippen molar-refractivity contribution in [3.8, 4) is 17.2 Å². The number of hydrazone groups is 1. The number of methoxy groups -OCH3 is 2. The number of halogens is 1.